The predicted molar refractivity (Wildman–Crippen MR) is 42.5 cm³/mol. The number of rotatable bonds is 1. The van der Waals surface area contributed by atoms with Crippen LogP contribution < -0.4 is 0 Å². The van der Waals surface area contributed by atoms with Gasteiger partial charge in [-0.1, -0.05) is 41.9 Å². The number of halogens is 1. The van der Waals surface area contributed by atoms with Crippen molar-refractivity contribution < 1.29 is 5.21 Å². The van der Waals surface area contributed by atoms with Gasteiger partial charge in [-0.05, 0) is 0 Å². The molecule has 0 saturated carbocycles. The Balaban J connectivity index is 4.14. The van der Waals surface area contributed by atoms with Crippen molar-refractivity contribution in [1.29, 1.82) is 0 Å². The molecule has 0 heterocycles. The van der Waals surface area contributed by atoms with E-state index in [1.807, 2.05) is 20.8 Å². The van der Waals surface area contributed by atoms with Crippen LogP contribution in [0.25, 0.3) is 0 Å². The van der Waals surface area contributed by atoms with Gasteiger partial charge in [0.1, 0.15) is 0 Å². The molecule has 0 aromatic heterocycles. The van der Waals surface area contributed by atoms with Gasteiger partial charge in [0.05, 0.1) is 5.71 Å². The Kier molecular flexibility index (Phi) is 3.18. The van der Waals surface area contributed by atoms with Gasteiger partial charge in [-0.2, -0.15) is 0 Å². The van der Waals surface area contributed by atoms with Crippen molar-refractivity contribution >= 4 is 21.6 Å². The topological polar surface area (TPSA) is 32.6 Å². The fourth-order valence-corrected chi connectivity index (χ4v) is 1.33. The van der Waals surface area contributed by atoms with Crippen molar-refractivity contribution in [1.82, 2.24) is 0 Å². The van der Waals surface area contributed by atoms with Crippen LogP contribution >= 0.6 is 15.9 Å². The molecule has 0 bridgehead atoms. The number of hydrogen-bond donors (Lipinski definition) is 1. The van der Waals surface area contributed by atoms with Crippen LogP contribution in [0.4, 0.5) is 0 Å². The lowest BCUT2D eigenvalue weighted by molar-refractivity contribution is 0.311. The summed E-state index contributed by atoms with van der Waals surface area (Å²) >= 11 is 3.22. The standard InChI is InChI=1S/C6H12BrNO/c1-6(2,3)5(4-7)8-9/h9H,4H2,1-3H3/b8-5+. The average Bonchev–Trinajstić information content (AvgIpc) is 1.65. The number of alkyl halides is 1. The smallest absolute Gasteiger partial charge is 0.0729 e. The highest BCUT2D eigenvalue weighted by molar-refractivity contribution is 9.09. The van der Waals surface area contributed by atoms with Gasteiger partial charge in [-0.25, -0.2) is 0 Å². The molecule has 0 amide bonds. The number of nitrogens with zero attached hydrogens (tertiary/aromatic N) is 1. The van der Waals surface area contributed by atoms with Crippen molar-refractivity contribution in [3.05, 3.63) is 0 Å². The number of hydrogen-bond acceptors (Lipinski definition) is 2. The SMILES string of the molecule is CC(C)(C)/C(CBr)=N/O. The van der Waals surface area contributed by atoms with Gasteiger partial charge in [0, 0.05) is 10.7 Å². The van der Waals surface area contributed by atoms with E-state index in [2.05, 4.69) is 21.1 Å². The van der Waals surface area contributed by atoms with Gasteiger partial charge in [-0.15, -0.1) is 0 Å². The molecule has 54 valence electrons. The van der Waals surface area contributed by atoms with Crippen molar-refractivity contribution in [3.8, 4) is 0 Å². The second kappa shape index (κ2) is 3.20. The maximum atomic E-state index is 8.42. The zero-order chi connectivity index (χ0) is 7.49. The average molecular weight is 194 g/mol. The zero-order valence-corrected chi connectivity index (χ0v) is 7.57. The normalized spacial score (nSPS) is 14.0. The summed E-state index contributed by atoms with van der Waals surface area (Å²) in [5, 5.41) is 12.2. The molecule has 0 aromatic carbocycles. The Morgan fingerprint density at radius 2 is 2.00 bits per heavy atom. The third-order valence-electron chi connectivity index (χ3n) is 1.11. The van der Waals surface area contributed by atoms with E-state index in [4.69, 9.17) is 5.21 Å². The van der Waals surface area contributed by atoms with E-state index < -0.39 is 0 Å². The lowest BCUT2D eigenvalue weighted by atomic mass is 9.91. The largest absolute Gasteiger partial charge is 0.411 e. The quantitative estimate of drug-likeness (QED) is 0.295. The van der Waals surface area contributed by atoms with E-state index in [0.29, 0.717) is 5.33 Å². The van der Waals surface area contributed by atoms with Crippen LogP contribution in [-0.2, 0) is 0 Å². The second-order valence-electron chi connectivity index (χ2n) is 2.93. The molecule has 0 aliphatic carbocycles. The predicted octanol–water partition coefficient (Wildman–Crippen LogP) is 2.26. The van der Waals surface area contributed by atoms with Crippen molar-refractivity contribution in [2.45, 2.75) is 20.8 Å². The van der Waals surface area contributed by atoms with E-state index in [-0.39, 0.29) is 5.41 Å². The summed E-state index contributed by atoms with van der Waals surface area (Å²) in [6.07, 6.45) is 0. The van der Waals surface area contributed by atoms with E-state index in [9.17, 15) is 0 Å². The van der Waals surface area contributed by atoms with Crippen molar-refractivity contribution in [3.63, 3.8) is 0 Å². The van der Waals surface area contributed by atoms with Crippen LogP contribution in [-0.4, -0.2) is 16.2 Å². The second-order valence-corrected chi connectivity index (χ2v) is 3.49. The molecule has 1 N–H and O–H groups in total. The molecule has 2 nitrogen and oxygen atoms in total. The van der Waals surface area contributed by atoms with Gasteiger partial charge >= 0.3 is 0 Å². The fraction of sp³-hybridized carbons (Fsp3) is 0.833. The molecule has 0 unspecified atom stereocenters. The van der Waals surface area contributed by atoms with E-state index in [1.54, 1.807) is 0 Å². The van der Waals surface area contributed by atoms with Crippen LogP contribution in [0, 0.1) is 5.41 Å². The molecule has 0 saturated heterocycles. The van der Waals surface area contributed by atoms with Crippen LogP contribution in [0.3, 0.4) is 0 Å². The Morgan fingerprint density at radius 1 is 1.56 bits per heavy atom. The molecule has 0 radical (unpaired) electrons. The minimum Gasteiger partial charge on any atom is -0.411 e. The molecule has 0 aliphatic rings. The van der Waals surface area contributed by atoms with E-state index >= 15 is 0 Å². The summed E-state index contributed by atoms with van der Waals surface area (Å²) in [6, 6.07) is 0. The van der Waals surface area contributed by atoms with Gasteiger partial charge < -0.3 is 5.21 Å². The van der Waals surface area contributed by atoms with Crippen LogP contribution in [0.2, 0.25) is 0 Å². The summed E-state index contributed by atoms with van der Waals surface area (Å²) < 4.78 is 0. The lowest BCUT2D eigenvalue weighted by Crippen LogP contribution is -2.21. The minimum absolute atomic E-state index is 0.0295. The van der Waals surface area contributed by atoms with Crippen LogP contribution in [0.1, 0.15) is 20.8 Å². The third-order valence-corrected chi connectivity index (χ3v) is 1.64. The highest BCUT2D eigenvalue weighted by atomic mass is 79.9. The van der Waals surface area contributed by atoms with Crippen LogP contribution in [0.15, 0.2) is 5.16 Å². The Bertz CT molecular complexity index is 115. The molecule has 0 spiro atoms. The molecule has 0 aliphatic heterocycles. The van der Waals surface area contributed by atoms with Gasteiger partial charge in [0.15, 0.2) is 0 Å². The molecule has 0 atom stereocenters. The first-order chi connectivity index (χ1) is 4.02. The lowest BCUT2D eigenvalue weighted by Gasteiger charge is -2.17. The van der Waals surface area contributed by atoms with Gasteiger partial charge in [0.2, 0.25) is 0 Å². The van der Waals surface area contributed by atoms with Gasteiger partial charge in [0.25, 0.3) is 0 Å². The summed E-state index contributed by atoms with van der Waals surface area (Å²) in [4.78, 5) is 0. The molecule has 0 rings (SSSR count). The molecular weight excluding hydrogens is 182 g/mol. The number of oxime groups is 1. The fourth-order valence-electron chi connectivity index (χ4n) is 0.377. The Labute approximate surface area is 64.1 Å². The van der Waals surface area contributed by atoms with E-state index in [0.717, 1.165) is 5.71 Å². The first-order valence-electron chi connectivity index (χ1n) is 2.79. The zero-order valence-electron chi connectivity index (χ0n) is 5.98. The third kappa shape index (κ3) is 2.84. The molecule has 9 heavy (non-hydrogen) atoms. The molecule has 0 aromatic rings. The first kappa shape index (κ1) is 8.95. The maximum absolute atomic E-state index is 8.42. The van der Waals surface area contributed by atoms with Gasteiger partial charge in [-0.3, -0.25) is 0 Å². The Hall–Kier alpha value is -0.0500. The summed E-state index contributed by atoms with van der Waals surface area (Å²) in [5.41, 5.74) is 0.737. The van der Waals surface area contributed by atoms with Crippen molar-refractivity contribution in [2.24, 2.45) is 10.6 Å². The first-order valence-corrected chi connectivity index (χ1v) is 3.92. The highest BCUT2D eigenvalue weighted by Gasteiger charge is 2.17. The maximum Gasteiger partial charge on any atom is 0.0729 e. The van der Waals surface area contributed by atoms with Crippen molar-refractivity contribution in [2.75, 3.05) is 5.33 Å². The highest BCUT2D eigenvalue weighted by Crippen LogP contribution is 2.16. The van der Waals surface area contributed by atoms with E-state index in [1.165, 1.54) is 0 Å². The summed E-state index contributed by atoms with van der Waals surface area (Å²) in [5.74, 6) is 0. The minimum atomic E-state index is -0.0295. The summed E-state index contributed by atoms with van der Waals surface area (Å²) in [7, 11) is 0. The monoisotopic (exact) mass is 193 g/mol. The summed E-state index contributed by atoms with van der Waals surface area (Å²) in [6.45, 7) is 6.01. The Morgan fingerprint density at radius 3 is 2.00 bits per heavy atom. The molecular formula is C6H12BrNO. The molecule has 3 heteroatoms. The van der Waals surface area contributed by atoms with Crippen LogP contribution in [0.5, 0.6) is 0 Å². The molecule has 0 fully saturated rings.